The number of fused-ring (bicyclic) bond motifs is 3. The van der Waals surface area contributed by atoms with Gasteiger partial charge in [0.15, 0.2) is 0 Å². The van der Waals surface area contributed by atoms with E-state index in [9.17, 15) is 0 Å². The van der Waals surface area contributed by atoms with E-state index >= 15 is 0 Å². The van der Waals surface area contributed by atoms with Crippen molar-refractivity contribution in [3.63, 3.8) is 0 Å². The summed E-state index contributed by atoms with van der Waals surface area (Å²) >= 11 is 0. The van der Waals surface area contributed by atoms with Crippen molar-refractivity contribution in [2.24, 2.45) is 0 Å². The lowest BCUT2D eigenvalue weighted by Crippen LogP contribution is -1.94. The minimum Gasteiger partial charge on any atom is -0.256 e. The summed E-state index contributed by atoms with van der Waals surface area (Å²) in [5.41, 5.74) is 10.7. The minimum atomic E-state index is 0.466. The van der Waals surface area contributed by atoms with Crippen LogP contribution in [0.5, 0.6) is 0 Å². The van der Waals surface area contributed by atoms with Gasteiger partial charge in [0.1, 0.15) is 0 Å². The average molecular weight is 465 g/mol. The largest absolute Gasteiger partial charge is 0.256 e. The Hall–Kier alpha value is -4.30. The van der Waals surface area contributed by atoms with Gasteiger partial charge in [0.25, 0.3) is 0 Å². The number of hydrogen-bond donors (Lipinski definition) is 0. The molecule has 4 aromatic carbocycles. The molecule has 36 heavy (non-hydrogen) atoms. The molecule has 0 amide bonds. The van der Waals surface area contributed by atoms with Gasteiger partial charge in [-0.1, -0.05) is 80.6 Å². The highest BCUT2D eigenvalue weighted by atomic mass is 14.7. The Kier molecular flexibility index (Phi) is 5.58. The quantitative estimate of drug-likeness (QED) is 0.243. The molecule has 2 nitrogen and oxygen atoms in total. The van der Waals surface area contributed by atoms with E-state index in [0.29, 0.717) is 5.92 Å². The van der Waals surface area contributed by atoms with E-state index in [2.05, 4.69) is 105 Å². The van der Waals surface area contributed by atoms with E-state index in [1.165, 1.54) is 49.5 Å². The molecule has 0 unspecified atom stereocenters. The van der Waals surface area contributed by atoms with Crippen LogP contribution in [-0.2, 0) is 0 Å². The molecule has 6 rings (SSSR count). The Bertz CT molecular complexity index is 1720. The molecule has 0 spiro atoms. The Morgan fingerprint density at radius 2 is 1.36 bits per heavy atom. The number of benzene rings is 4. The first-order chi connectivity index (χ1) is 17.6. The molecule has 0 aliphatic carbocycles. The van der Waals surface area contributed by atoms with Gasteiger partial charge in [0.2, 0.25) is 0 Å². The topological polar surface area (TPSA) is 25.8 Å². The van der Waals surface area contributed by atoms with Crippen molar-refractivity contribution in [3.8, 4) is 33.5 Å². The van der Waals surface area contributed by atoms with Gasteiger partial charge < -0.3 is 0 Å². The van der Waals surface area contributed by atoms with Crippen molar-refractivity contribution in [3.05, 3.63) is 121 Å². The van der Waals surface area contributed by atoms with Crippen LogP contribution < -0.4 is 0 Å². The first-order valence-corrected chi connectivity index (χ1v) is 12.5. The molecule has 174 valence electrons. The number of rotatable bonds is 4. The second-order valence-electron chi connectivity index (χ2n) is 9.73. The van der Waals surface area contributed by atoms with Crippen molar-refractivity contribution in [2.75, 3.05) is 0 Å². The summed E-state index contributed by atoms with van der Waals surface area (Å²) in [7, 11) is 0. The molecule has 0 aliphatic heterocycles. The van der Waals surface area contributed by atoms with E-state index in [1.54, 1.807) is 0 Å². The van der Waals surface area contributed by atoms with Gasteiger partial charge in [-0.05, 0) is 87.3 Å². The molecule has 0 saturated carbocycles. The smallest absolute Gasteiger partial charge is 0.0714 e. The van der Waals surface area contributed by atoms with Gasteiger partial charge in [-0.15, -0.1) is 0 Å². The molecule has 0 radical (unpaired) electrons. The van der Waals surface area contributed by atoms with E-state index in [1.807, 2.05) is 30.6 Å². The van der Waals surface area contributed by atoms with E-state index in [4.69, 9.17) is 4.98 Å². The lowest BCUT2D eigenvalue weighted by molar-refractivity contribution is 0.869. The van der Waals surface area contributed by atoms with Crippen LogP contribution in [0.15, 0.2) is 109 Å². The molecule has 2 heterocycles. The van der Waals surface area contributed by atoms with Crippen LogP contribution in [0.3, 0.4) is 0 Å². The third kappa shape index (κ3) is 3.85. The van der Waals surface area contributed by atoms with Crippen LogP contribution in [0.2, 0.25) is 0 Å². The highest BCUT2D eigenvalue weighted by Gasteiger charge is 2.15. The molecule has 0 N–H and O–H groups in total. The maximum Gasteiger partial charge on any atom is 0.0714 e. The Morgan fingerprint density at radius 1 is 0.556 bits per heavy atom. The second kappa shape index (κ2) is 9.05. The summed E-state index contributed by atoms with van der Waals surface area (Å²) in [5.74, 6) is 0.466. The fraction of sp³-hybridized carbons (Fsp3) is 0.118. The molecule has 6 aromatic rings. The zero-order chi connectivity index (χ0) is 24.6. The molecule has 0 bridgehead atoms. The molecular weight excluding hydrogens is 436 g/mol. The highest BCUT2D eigenvalue weighted by molar-refractivity contribution is 6.13. The van der Waals surface area contributed by atoms with Crippen LogP contribution in [0, 0.1) is 6.92 Å². The van der Waals surface area contributed by atoms with Gasteiger partial charge >= 0.3 is 0 Å². The van der Waals surface area contributed by atoms with Crippen molar-refractivity contribution >= 4 is 21.7 Å². The number of nitrogens with zero attached hydrogens (tertiary/aromatic N) is 2. The van der Waals surface area contributed by atoms with Crippen LogP contribution in [0.25, 0.3) is 55.2 Å². The van der Waals surface area contributed by atoms with Crippen molar-refractivity contribution in [2.45, 2.75) is 26.7 Å². The molecule has 0 atom stereocenters. The predicted octanol–water partition coefficient (Wildman–Crippen LogP) is 9.22. The first kappa shape index (κ1) is 22.2. The standard InChI is InChI=1S/C34H28N2/c1-22(2)24-15-16-29-30-13-8-18-36-34(30)21-32(31(29)20-24)28-12-7-11-27(23(28)3)25-9-6-10-26(19-25)33-14-4-5-17-35-33/h4-22H,1-3H3. The molecule has 2 aromatic heterocycles. The van der Waals surface area contributed by atoms with Crippen LogP contribution >= 0.6 is 0 Å². The van der Waals surface area contributed by atoms with Crippen molar-refractivity contribution < 1.29 is 0 Å². The van der Waals surface area contributed by atoms with Crippen LogP contribution in [-0.4, -0.2) is 9.97 Å². The molecule has 2 heteroatoms. The van der Waals surface area contributed by atoms with E-state index in [0.717, 1.165) is 16.8 Å². The lowest BCUT2D eigenvalue weighted by atomic mass is 9.87. The monoisotopic (exact) mass is 464 g/mol. The molecule has 0 aliphatic rings. The maximum absolute atomic E-state index is 4.72. The highest BCUT2D eigenvalue weighted by Crippen LogP contribution is 2.39. The van der Waals surface area contributed by atoms with Gasteiger partial charge in [0, 0.05) is 23.3 Å². The summed E-state index contributed by atoms with van der Waals surface area (Å²) < 4.78 is 0. The fourth-order valence-electron chi connectivity index (χ4n) is 5.20. The zero-order valence-corrected chi connectivity index (χ0v) is 20.9. The third-order valence-electron chi connectivity index (χ3n) is 7.17. The van der Waals surface area contributed by atoms with E-state index < -0.39 is 0 Å². The Balaban J connectivity index is 1.58. The predicted molar refractivity (Wildman–Crippen MR) is 152 cm³/mol. The van der Waals surface area contributed by atoms with Crippen molar-refractivity contribution in [1.82, 2.24) is 9.97 Å². The molecule has 0 saturated heterocycles. The van der Waals surface area contributed by atoms with Gasteiger partial charge in [-0.2, -0.15) is 0 Å². The number of pyridine rings is 2. The second-order valence-corrected chi connectivity index (χ2v) is 9.73. The maximum atomic E-state index is 4.72. The summed E-state index contributed by atoms with van der Waals surface area (Å²) in [5, 5.41) is 3.73. The van der Waals surface area contributed by atoms with Crippen LogP contribution in [0.4, 0.5) is 0 Å². The normalized spacial score (nSPS) is 11.4. The first-order valence-electron chi connectivity index (χ1n) is 12.5. The van der Waals surface area contributed by atoms with Gasteiger partial charge in [-0.25, -0.2) is 0 Å². The zero-order valence-electron chi connectivity index (χ0n) is 20.9. The Labute approximate surface area is 212 Å². The average Bonchev–Trinajstić information content (AvgIpc) is 2.93. The van der Waals surface area contributed by atoms with Crippen molar-refractivity contribution in [1.29, 1.82) is 0 Å². The third-order valence-corrected chi connectivity index (χ3v) is 7.17. The molecular formula is C34H28N2. The van der Waals surface area contributed by atoms with Gasteiger partial charge in [0.05, 0.1) is 11.2 Å². The fourth-order valence-corrected chi connectivity index (χ4v) is 5.20. The van der Waals surface area contributed by atoms with E-state index in [-0.39, 0.29) is 0 Å². The lowest BCUT2D eigenvalue weighted by Gasteiger charge is -2.17. The number of hydrogen-bond acceptors (Lipinski definition) is 2. The minimum absolute atomic E-state index is 0.466. The number of aromatic nitrogens is 2. The summed E-state index contributed by atoms with van der Waals surface area (Å²) in [6.45, 7) is 6.74. The summed E-state index contributed by atoms with van der Waals surface area (Å²) in [4.78, 5) is 9.27. The summed E-state index contributed by atoms with van der Waals surface area (Å²) in [6.07, 6.45) is 3.73. The Morgan fingerprint density at radius 3 is 2.19 bits per heavy atom. The van der Waals surface area contributed by atoms with Crippen LogP contribution in [0.1, 0.15) is 30.9 Å². The molecule has 0 fully saturated rings. The van der Waals surface area contributed by atoms with Gasteiger partial charge in [-0.3, -0.25) is 9.97 Å². The SMILES string of the molecule is Cc1c(-c2cccc(-c3ccccn3)c2)cccc1-c1cc2ncccc2c2ccc(C(C)C)cc12. The summed E-state index contributed by atoms with van der Waals surface area (Å²) in [6, 6.07) is 34.7.